The molecule has 0 spiro atoms. The molecule has 1 N–H and O–H groups in total. The Morgan fingerprint density at radius 3 is 2.84 bits per heavy atom. The number of ether oxygens (including phenoxy) is 1. The molecule has 0 aliphatic rings. The van der Waals surface area contributed by atoms with E-state index in [0.717, 1.165) is 18.5 Å². The van der Waals surface area contributed by atoms with Crippen LogP contribution >= 0.6 is 23.2 Å². The predicted octanol–water partition coefficient (Wildman–Crippen LogP) is 3.99. The smallest absolute Gasteiger partial charge is 0.305 e. The van der Waals surface area contributed by atoms with E-state index < -0.39 is 0 Å². The lowest BCUT2D eigenvalue weighted by atomic mass is 10.1. The Bertz CT molecular complexity index is 424. The molecule has 0 fully saturated rings. The second kappa shape index (κ2) is 8.41. The van der Waals surface area contributed by atoms with Gasteiger partial charge in [-0.15, -0.1) is 0 Å². The van der Waals surface area contributed by atoms with Crippen molar-refractivity contribution in [2.45, 2.75) is 32.7 Å². The van der Waals surface area contributed by atoms with E-state index in [-0.39, 0.29) is 12.0 Å². The molecule has 0 aliphatic carbocycles. The van der Waals surface area contributed by atoms with Crippen molar-refractivity contribution in [1.82, 2.24) is 5.32 Å². The van der Waals surface area contributed by atoms with Gasteiger partial charge in [0.15, 0.2) is 0 Å². The van der Waals surface area contributed by atoms with E-state index in [0.29, 0.717) is 23.1 Å². The molecular weight excluding hydrogens is 285 g/mol. The largest absolute Gasteiger partial charge is 0.466 e. The van der Waals surface area contributed by atoms with Gasteiger partial charge in [-0.3, -0.25) is 4.79 Å². The monoisotopic (exact) mass is 303 g/mol. The highest BCUT2D eigenvalue weighted by atomic mass is 35.5. The van der Waals surface area contributed by atoms with Gasteiger partial charge >= 0.3 is 5.97 Å². The quantitative estimate of drug-likeness (QED) is 0.611. The van der Waals surface area contributed by atoms with Gasteiger partial charge in [-0.1, -0.05) is 23.2 Å². The number of nitrogens with one attached hydrogen (secondary N) is 1. The van der Waals surface area contributed by atoms with Crippen LogP contribution in [0.3, 0.4) is 0 Å². The van der Waals surface area contributed by atoms with E-state index in [2.05, 4.69) is 5.32 Å². The summed E-state index contributed by atoms with van der Waals surface area (Å²) in [5.41, 5.74) is 0.963. The zero-order valence-electron chi connectivity index (χ0n) is 11.2. The van der Waals surface area contributed by atoms with Crippen molar-refractivity contribution >= 4 is 29.2 Å². The first-order chi connectivity index (χ1) is 9.04. The fourth-order valence-electron chi connectivity index (χ4n) is 1.74. The van der Waals surface area contributed by atoms with Gasteiger partial charge in [0.25, 0.3) is 0 Å². The van der Waals surface area contributed by atoms with E-state index in [1.165, 1.54) is 0 Å². The minimum atomic E-state index is -0.155. The summed E-state index contributed by atoms with van der Waals surface area (Å²) in [5.74, 6) is -0.155. The van der Waals surface area contributed by atoms with Crippen LogP contribution < -0.4 is 5.32 Å². The molecule has 0 heterocycles. The molecule has 1 unspecified atom stereocenters. The zero-order valence-corrected chi connectivity index (χ0v) is 12.7. The van der Waals surface area contributed by atoms with Crippen molar-refractivity contribution in [3.8, 4) is 0 Å². The minimum absolute atomic E-state index is 0.0911. The highest BCUT2D eigenvalue weighted by molar-refractivity contribution is 6.33. The van der Waals surface area contributed by atoms with Gasteiger partial charge in [-0.25, -0.2) is 0 Å². The van der Waals surface area contributed by atoms with Crippen LogP contribution in [0.4, 0.5) is 0 Å². The van der Waals surface area contributed by atoms with Crippen LogP contribution in [0, 0.1) is 0 Å². The van der Waals surface area contributed by atoms with E-state index in [9.17, 15) is 4.79 Å². The Hall–Kier alpha value is -0.770. The van der Waals surface area contributed by atoms with Crippen molar-refractivity contribution < 1.29 is 9.53 Å². The zero-order chi connectivity index (χ0) is 14.3. The van der Waals surface area contributed by atoms with Gasteiger partial charge in [-0.05, 0) is 50.6 Å². The molecule has 0 aromatic heterocycles. The van der Waals surface area contributed by atoms with Gasteiger partial charge in [-0.2, -0.15) is 0 Å². The lowest BCUT2D eigenvalue weighted by Crippen LogP contribution is -2.21. The number of halogens is 2. The second-order valence-electron chi connectivity index (χ2n) is 4.25. The van der Waals surface area contributed by atoms with Crippen molar-refractivity contribution in [2.75, 3.05) is 13.2 Å². The molecule has 5 heteroatoms. The molecular formula is C14H19Cl2NO2. The highest BCUT2D eigenvalue weighted by Crippen LogP contribution is 2.26. The van der Waals surface area contributed by atoms with E-state index in [1.807, 2.05) is 13.0 Å². The van der Waals surface area contributed by atoms with Crippen LogP contribution in [-0.4, -0.2) is 19.1 Å². The first-order valence-electron chi connectivity index (χ1n) is 6.38. The number of hydrogen-bond acceptors (Lipinski definition) is 3. The average molecular weight is 304 g/mol. The maximum absolute atomic E-state index is 11.2. The molecule has 1 aromatic carbocycles. The predicted molar refractivity (Wildman–Crippen MR) is 78.7 cm³/mol. The standard InChI is InChI=1S/C14H19Cl2NO2/c1-3-19-14(18)5-4-8-17-10(2)12-9-11(15)6-7-13(12)16/h6-7,9-10,17H,3-5,8H2,1-2H3. The summed E-state index contributed by atoms with van der Waals surface area (Å²) in [6.07, 6.45) is 1.16. The summed E-state index contributed by atoms with van der Waals surface area (Å²) in [6, 6.07) is 5.50. The Balaban J connectivity index is 2.37. The number of rotatable bonds is 7. The molecule has 1 atom stereocenters. The SMILES string of the molecule is CCOC(=O)CCCNC(C)c1cc(Cl)ccc1Cl. The molecule has 1 rings (SSSR count). The molecule has 0 saturated heterocycles. The molecule has 0 bridgehead atoms. The average Bonchev–Trinajstić information content (AvgIpc) is 2.37. The molecule has 3 nitrogen and oxygen atoms in total. The van der Waals surface area contributed by atoms with Gasteiger partial charge < -0.3 is 10.1 Å². The van der Waals surface area contributed by atoms with Gasteiger partial charge in [0.2, 0.25) is 0 Å². The van der Waals surface area contributed by atoms with Crippen molar-refractivity contribution in [3.05, 3.63) is 33.8 Å². The van der Waals surface area contributed by atoms with Gasteiger partial charge in [0.05, 0.1) is 6.61 Å². The first-order valence-corrected chi connectivity index (χ1v) is 7.14. The number of carbonyl (C=O) groups excluding carboxylic acids is 1. The maximum Gasteiger partial charge on any atom is 0.305 e. The van der Waals surface area contributed by atoms with E-state index in [1.54, 1.807) is 19.1 Å². The van der Waals surface area contributed by atoms with Crippen LogP contribution in [0.25, 0.3) is 0 Å². The normalized spacial score (nSPS) is 12.2. The minimum Gasteiger partial charge on any atom is -0.466 e. The Labute approximate surface area is 124 Å². The molecule has 0 radical (unpaired) electrons. The lowest BCUT2D eigenvalue weighted by Gasteiger charge is -2.15. The van der Waals surface area contributed by atoms with Gasteiger partial charge in [0.1, 0.15) is 0 Å². The summed E-state index contributed by atoms with van der Waals surface area (Å²) in [7, 11) is 0. The summed E-state index contributed by atoms with van der Waals surface area (Å²) >= 11 is 12.1. The molecule has 19 heavy (non-hydrogen) atoms. The van der Waals surface area contributed by atoms with Crippen LogP contribution in [0.2, 0.25) is 10.0 Å². The highest BCUT2D eigenvalue weighted by Gasteiger charge is 2.10. The molecule has 0 amide bonds. The van der Waals surface area contributed by atoms with E-state index >= 15 is 0 Å². The summed E-state index contributed by atoms with van der Waals surface area (Å²) in [4.78, 5) is 11.2. The Morgan fingerprint density at radius 2 is 2.16 bits per heavy atom. The third-order valence-electron chi connectivity index (χ3n) is 2.74. The second-order valence-corrected chi connectivity index (χ2v) is 5.09. The van der Waals surface area contributed by atoms with Crippen LogP contribution in [0.1, 0.15) is 38.3 Å². The number of esters is 1. The number of benzene rings is 1. The third kappa shape index (κ3) is 5.81. The Kier molecular flexibility index (Phi) is 7.21. The van der Waals surface area contributed by atoms with E-state index in [4.69, 9.17) is 27.9 Å². The Morgan fingerprint density at radius 1 is 1.42 bits per heavy atom. The summed E-state index contributed by atoms with van der Waals surface area (Å²) < 4.78 is 4.86. The molecule has 0 aliphatic heterocycles. The van der Waals surface area contributed by atoms with Gasteiger partial charge in [0, 0.05) is 22.5 Å². The van der Waals surface area contributed by atoms with Crippen LogP contribution in [0.15, 0.2) is 18.2 Å². The number of hydrogen-bond donors (Lipinski definition) is 1. The fraction of sp³-hybridized carbons (Fsp3) is 0.500. The topological polar surface area (TPSA) is 38.3 Å². The maximum atomic E-state index is 11.2. The first kappa shape index (κ1) is 16.3. The molecule has 0 saturated carbocycles. The third-order valence-corrected chi connectivity index (χ3v) is 3.32. The summed E-state index contributed by atoms with van der Waals surface area (Å²) in [6.45, 7) is 4.98. The molecule has 106 valence electrons. The number of carbonyl (C=O) groups is 1. The van der Waals surface area contributed by atoms with Crippen LogP contribution in [-0.2, 0) is 9.53 Å². The van der Waals surface area contributed by atoms with Crippen molar-refractivity contribution in [3.63, 3.8) is 0 Å². The van der Waals surface area contributed by atoms with Crippen LogP contribution in [0.5, 0.6) is 0 Å². The lowest BCUT2D eigenvalue weighted by molar-refractivity contribution is -0.143. The van der Waals surface area contributed by atoms with Crippen molar-refractivity contribution in [1.29, 1.82) is 0 Å². The molecule has 1 aromatic rings. The van der Waals surface area contributed by atoms with Crippen molar-refractivity contribution in [2.24, 2.45) is 0 Å². The fourth-order valence-corrected chi connectivity index (χ4v) is 2.20. The summed E-state index contributed by atoms with van der Waals surface area (Å²) in [5, 5.41) is 4.67.